The molecule has 4 aromatic carbocycles. The monoisotopic (exact) mass is 512 g/mol. The van der Waals surface area contributed by atoms with E-state index in [9.17, 15) is 19.2 Å². The maximum atomic E-state index is 13.7. The number of hydrogen-bond donors (Lipinski definition) is 0. The van der Waals surface area contributed by atoms with Crippen LogP contribution in [0.3, 0.4) is 0 Å². The van der Waals surface area contributed by atoms with Gasteiger partial charge in [-0.25, -0.2) is 0 Å². The Bertz CT molecular complexity index is 1160. The molecule has 4 rings (SSSR count). The summed E-state index contributed by atoms with van der Waals surface area (Å²) in [6, 6.07) is 30.9. The molecule has 9 heteroatoms. The number of para-hydroxylation sites is 4. The molecule has 0 N–H and O–H groups in total. The molecule has 0 amide bonds. The third kappa shape index (κ3) is 5.80. The Hall–Kier alpha value is -5.02. The summed E-state index contributed by atoms with van der Waals surface area (Å²) in [5.41, 5.74) is -5.66. The van der Waals surface area contributed by atoms with Gasteiger partial charge in [-0.3, -0.25) is 19.2 Å². The Kier molecular flexibility index (Phi) is 7.87. The molecule has 0 atom stereocenters. The summed E-state index contributed by atoms with van der Waals surface area (Å²) < 4.78 is 21.5. The molecule has 0 unspecified atom stereocenters. The van der Waals surface area contributed by atoms with Gasteiger partial charge in [0.15, 0.2) is 0 Å². The second-order valence-electron chi connectivity index (χ2n) is 7.56. The maximum absolute atomic E-state index is 13.7. The number of hydrogen-bond acceptors (Lipinski definition) is 8. The summed E-state index contributed by atoms with van der Waals surface area (Å²) >= 11 is 0. The predicted octanol–water partition coefficient (Wildman–Crippen LogP) is 6.56. The van der Waals surface area contributed by atoms with E-state index in [-0.39, 0.29) is 23.0 Å². The molecule has 0 heterocycles. The van der Waals surface area contributed by atoms with E-state index in [2.05, 4.69) is 0 Å². The van der Waals surface area contributed by atoms with E-state index in [1.54, 1.807) is 72.8 Å². The average Bonchev–Trinajstić information content (AvgIpc) is 2.91. The van der Waals surface area contributed by atoms with Crippen molar-refractivity contribution in [3.8, 4) is 23.0 Å². The molecule has 184 valence electrons. The topological polar surface area (TPSA) is 105 Å². The van der Waals surface area contributed by atoms with Crippen LogP contribution >= 0.6 is 0 Å². The van der Waals surface area contributed by atoms with E-state index >= 15 is 0 Å². The maximum Gasteiger partial charge on any atom is 0.547 e. The van der Waals surface area contributed by atoms with Crippen molar-refractivity contribution in [2.45, 2.75) is 0 Å². The minimum atomic E-state index is -5.38. The largest absolute Gasteiger partial charge is 0.547 e. The van der Waals surface area contributed by atoms with Gasteiger partial charge in [0.05, 0.1) is 0 Å². The van der Waals surface area contributed by atoms with Crippen molar-refractivity contribution in [2.24, 2.45) is 0 Å². The lowest BCUT2D eigenvalue weighted by Crippen LogP contribution is -2.69. The first-order valence-electron chi connectivity index (χ1n) is 11.1. The van der Waals surface area contributed by atoms with E-state index in [0.717, 1.165) is 0 Å². The molecule has 0 aliphatic rings. The van der Waals surface area contributed by atoms with Crippen molar-refractivity contribution in [1.29, 1.82) is 0 Å². The van der Waals surface area contributed by atoms with Crippen LogP contribution < -0.4 is 18.9 Å². The Morgan fingerprint density at radius 3 is 0.730 bits per heavy atom. The molecule has 0 fully saturated rings. The Morgan fingerprint density at radius 2 is 0.541 bits per heavy atom. The van der Waals surface area contributed by atoms with Crippen molar-refractivity contribution in [3.63, 3.8) is 0 Å². The second-order valence-corrected chi connectivity index (χ2v) is 10.7. The van der Waals surface area contributed by atoms with Gasteiger partial charge in [-0.2, -0.15) is 0 Å². The Labute approximate surface area is 213 Å². The lowest BCUT2D eigenvalue weighted by molar-refractivity contribution is 0.201. The quantitative estimate of drug-likeness (QED) is 0.245. The zero-order valence-electron chi connectivity index (χ0n) is 19.3. The van der Waals surface area contributed by atoms with E-state index in [1.807, 2.05) is 0 Å². The van der Waals surface area contributed by atoms with Crippen LogP contribution in [0.4, 0.5) is 19.2 Å². The standard InChI is InChI=1S/C28H20O8Si/c29-25(33-21-13-5-1-6-14-21)37(26(30)34-22-15-7-2-8-16-22,27(31)35-23-17-9-3-10-18-23)28(32)36-24-19-11-4-12-20-24/h1-20H. The summed E-state index contributed by atoms with van der Waals surface area (Å²) in [5, 5.41) is 0. The van der Waals surface area contributed by atoms with E-state index in [4.69, 9.17) is 18.9 Å². The minimum Gasteiger partial charge on any atom is -0.429 e. The van der Waals surface area contributed by atoms with E-state index in [0.29, 0.717) is 0 Å². The normalized spacial score (nSPS) is 10.6. The molecule has 0 spiro atoms. The van der Waals surface area contributed by atoms with Crippen LogP contribution in [0.15, 0.2) is 121 Å². The van der Waals surface area contributed by atoms with Gasteiger partial charge in [-0.15, -0.1) is 0 Å². The van der Waals surface area contributed by atoms with Crippen molar-refractivity contribution >= 4 is 30.4 Å². The van der Waals surface area contributed by atoms with Crippen LogP contribution in [-0.4, -0.2) is 30.4 Å². The number of ether oxygens (including phenoxy) is 4. The summed E-state index contributed by atoms with van der Waals surface area (Å²) in [7, 11) is -5.38. The van der Waals surface area contributed by atoms with Crippen molar-refractivity contribution in [1.82, 2.24) is 0 Å². The highest BCUT2D eigenvalue weighted by Gasteiger charge is 2.72. The van der Waals surface area contributed by atoms with Gasteiger partial charge < -0.3 is 18.9 Å². The summed E-state index contributed by atoms with van der Waals surface area (Å²) in [5.74, 6) is 0.0441. The van der Waals surface area contributed by atoms with Gasteiger partial charge in [0.2, 0.25) is 0 Å². The first kappa shape index (κ1) is 25.1. The number of rotatable bonds is 8. The highest BCUT2D eigenvalue weighted by molar-refractivity contribution is 7.52. The first-order chi connectivity index (χ1) is 18.0. The molecule has 8 nitrogen and oxygen atoms in total. The van der Waals surface area contributed by atoms with Crippen LogP contribution in [0.1, 0.15) is 0 Å². The Morgan fingerprint density at radius 1 is 0.351 bits per heavy atom. The van der Waals surface area contributed by atoms with Gasteiger partial charge in [0.1, 0.15) is 23.0 Å². The van der Waals surface area contributed by atoms with Crippen LogP contribution in [0.25, 0.3) is 0 Å². The molecule has 0 bridgehead atoms. The van der Waals surface area contributed by atoms with Crippen molar-refractivity contribution in [2.75, 3.05) is 0 Å². The number of benzene rings is 4. The van der Waals surface area contributed by atoms with Crippen molar-refractivity contribution < 1.29 is 38.1 Å². The third-order valence-electron chi connectivity index (χ3n) is 5.04. The Balaban J connectivity index is 1.81. The fraction of sp³-hybridized carbons (Fsp3) is 0. The molecule has 0 aromatic heterocycles. The van der Waals surface area contributed by atoms with Gasteiger partial charge in [-0.05, 0) is 48.5 Å². The van der Waals surface area contributed by atoms with E-state index < -0.39 is 30.4 Å². The van der Waals surface area contributed by atoms with Crippen LogP contribution in [-0.2, 0) is 0 Å². The smallest absolute Gasteiger partial charge is 0.429 e. The molecule has 0 radical (unpaired) electrons. The molecule has 4 aromatic rings. The highest BCUT2D eigenvalue weighted by atomic mass is 28.3. The molecule has 0 saturated carbocycles. The molecular weight excluding hydrogens is 492 g/mol. The van der Waals surface area contributed by atoms with E-state index in [1.165, 1.54) is 48.5 Å². The summed E-state index contributed by atoms with van der Waals surface area (Å²) in [6.45, 7) is 0. The van der Waals surface area contributed by atoms with Crippen LogP contribution in [0.2, 0.25) is 0 Å². The van der Waals surface area contributed by atoms with Gasteiger partial charge in [0.25, 0.3) is 0 Å². The molecule has 0 aliphatic carbocycles. The second kappa shape index (κ2) is 11.6. The van der Waals surface area contributed by atoms with Crippen LogP contribution in [0.5, 0.6) is 23.0 Å². The first-order valence-corrected chi connectivity index (χ1v) is 13.1. The molecule has 37 heavy (non-hydrogen) atoms. The fourth-order valence-corrected chi connectivity index (χ4v) is 5.27. The lowest BCUT2D eigenvalue weighted by Gasteiger charge is -2.23. The molecule has 0 aliphatic heterocycles. The zero-order chi connectivity index (χ0) is 26.1. The van der Waals surface area contributed by atoms with Gasteiger partial charge in [0, 0.05) is 0 Å². The summed E-state index contributed by atoms with van der Waals surface area (Å²) in [6.07, 6.45) is 0. The summed E-state index contributed by atoms with van der Waals surface area (Å²) in [4.78, 5) is 54.7. The average molecular weight is 513 g/mol. The van der Waals surface area contributed by atoms with Crippen molar-refractivity contribution in [3.05, 3.63) is 121 Å². The molecular formula is C28H20O8Si. The minimum absolute atomic E-state index is 0.0110. The SMILES string of the molecule is O=C(Oc1ccccc1)[Si](C(=O)Oc1ccccc1)(C(=O)Oc1ccccc1)C(=O)Oc1ccccc1. The fourth-order valence-electron chi connectivity index (χ4n) is 3.19. The molecule has 0 saturated heterocycles. The van der Waals surface area contributed by atoms with Gasteiger partial charge in [-0.1, -0.05) is 72.8 Å². The van der Waals surface area contributed by atoms with Crippen LogP contribution in [0, 0.1) is 0 Å². The zero-order valence-corrected chi connectivity index (χ0v) is 20.3. The lowest BCUT2D eigenvalue weighted by atomic mass is 10.3. The van der Waals surface area contributed by atoms with Gasteiger partial charge >= 0.3 is 30.4 Å². The number of carbonyl (C=O) groups is 4. The highest BCUT2D eigenvalue weighted by Crippen LogP contribution is 2.25. The predicted molar refractivity (Wildman–Crippen MR) is 136 cm³/mol. The third-order valence-corrected chi connectivity index (χ3v) is 7.90. The number of carbonyl (C=O) groups excluding carboxylic acids is 4.